The van der Waals surface area contributed by atoms with Crippen LogP contribution in [0.5, 0.6) is 0 Å². The standard InChI is InChI=1S/C5H7ClN2O2S/c1-4-7-5(3-8(4)2)11(6,9)10/h3H,1-2H3/p+1. The zero-order chi connectivity index (χ0) is 8.65. The smallest absolute Gasteiger partial charge is 0.236 e. The summed E-state index contributed by atoms with van der Waals surface area (Å²) >= 11 is 0. The van der Waals surface area contributed by atoms with Gasteiger partial charge in [-0.2, -0.15) is 0 Å². The Kier molecular flexibility index (Phi) is 1.94. The second-order valence-corrected chi connectivity index (χ2v) is 4.79. The SMILES string of the molecule is Cc1[nH]c(S(=O)(=O)Cl)c[n+]1C. The first-order chi connectivity index (χ1) is 4.91. The van der Waals surface area contributed by atoms with Crippen molar-refractivity contribution in [1.82, 2.24) is 4.98 Å². The minimum absolute atomic E-state index is 0.0270. The fourth-order valence-electron chi connectivity index (χ4n) is 0.695. The zero-order valence-corrected chi connectivity index (χ0v) is 7.70. The lowest BCUT2D eigenvalue weighted by Gasteiger charge is -1.78. The van der Waals surface area contributed by atoms with Crippen LogP contribution in [0.1, 0.15) is 5.82 Å². The van der Waals surface area contributed by atoms with Gasteiger partial charge in [0, 0.05) is 17.6 Å². The molecule has 0 saturated carbocycles. The molecule has 0 aliphatic carbocycles. The minimum atomic E-state index is -3.61. The molecular formula is C5H8ClN2O2S+. The molecule has 0 fully saturated rings. The molecule has 11 heavy (non-hydrogen) atoms. The Hall–Kier alpha value is -0.550. The monoisotopic (exact) mass is 195 g/mol. The van der Waals surface area contributed by atoms with Gasteiger partial charge in [-0.3, -0.25) is 0 Å². The van der Waals surface area contributed by atoms with Gasteiger partial charge in [-0.05, 0) is 0 Å². The molecule has 0 amide bonds. The molecule has 0 saturated heterocycles. The van der Waals surface area contributed by atoms with Gasteiger partial charge >= 0.3 is 9.05 Å². The molecule has 1 aromatic rings. The molecule has 0 spiro atoms. The molecule has 0 aliphatic heterocycles. The van der Waals surface area contributed by atoms with E-state index in [0.717, 1.165) is 5.82 Å². The molecule has 0 atom stereocenters. The highest BCUT2D eigenvalue weighted by Crippen LogP contribution is 2.09. The molecule has 4 nitrogen and oxygen atoms in total. The van der Waals surface area contributed by atoms with Crippen LogP contribution in [0.2, 0.25) is 0 Å². The Morgan fingerprint density at radius 1 is 1.64 bits per heavy atom. The van der Waals surface area contributed by atoms with Crippen LogP contribution in [0, 0.1) is 6.92 Å². The summed E-state index contributed by atoms with van der Waals surface area (Å²) in [6.07, 6.45) is 1.43. The maximum atomic E-state index is 10.7. The predicted molar refractivity (Wildman–Crippen MR) is 39.7 cm³/mol. The predicted octanol–water partition coefficient (Wildman–Crippen LogP) is 0.0751. The summed E-state index contributed by atoms with van der Waals surface area (Å²) in [6, 6.07) is 0. The second-order valence-electron chi connectivity index (χ2n) is 2.25. The van der Waals surface area contributed by atoms with Gasteiger partial charge < -0.3 is 0 Å². The van der Waals surface area contributed by atoms with Crippen LogP contribution >= 0.6 is 10.7 Å². The molecule has 1 aromatic heterocycles. The van der Waals surface area contributed by atoms with Crippen LogP contribution in [0.25, 0.3) is 0 Å². The average molecular weight is 196 g/mol. The van der Waals surface area contributed by atoms with E-state index >= 15 is 0 Å². The van der Waals surface area contributed by atoms with Crippen molar-refractivity contribution >= 4 is 19.7 Å². The number of H-pyrrole nitrogens is 1. The van der Waals surface area contributed by atoms with E-state index in [4.69, 9.17) is 10.7 Å². The molecule has 1 N–H and O–H groups in total. The van der Waals surface area contributed by atoms with Gasteiger partial charge in [-0.1, -0.05) is 0 Å². The van der Waals surface area contributed by atoms with Crippen LogP contribution in [0.3, 0.4) is 0 Å². The summed E-state index contributed by atoms with van der Waals surface area (Å²) in [5.41, 5.74) is 0. The maximum Gasteiger partial charge on any atom is 0.301 e. The summed E-state index contributed by atoms with van der Waals surface area (Å²) in [7, 11) is 3.20. The lowest BCUT2D eigenvalue weighted by Crippen LogP contribution is -2.28. The Morgan fingerprint density at radius 3 is 2.36 bits per heavy atom. The zero-order valence-electron chi connectivity index (χ0n) is 6.13. The Labute approximate surface area is 69.2 Å². The van der Waals surface area contributed by atoms with E-state index < -0.39 is 9.05 Å². The van der Waals surface area contributed by atoms with Crippen molar-refractivity contribution in [2.24, 2.45) is 7.05 Å². The maximum absolute atomic E-state index is 10.7. The summed E-state index contributed by atoms with van der Waals surface area (Å²) in [6.45, 7) is 1.76. The first-order valence-electron chi connectivity index (χ1n) is 2.91. The molecular weight excluding hydrogens is 188 g/mol. The van der Waals surface area contributed by atoms with Gasteiger partial charge in [0.15, 0.2) is 6.20 Å². The largest absolute Gasteiger partial charge is 0.301 e. The van der Waals surface area contributed by atoms with E-state index in [9.17, 15) is 8.42 Å². The average Bonchev–Trinajstić information content (AvgIpc) is 2.11. The molecule has 0 aromatic carbocycles. The summed E-state index contributed by atoms with van der Waals surface area (Å²) in [4.78, 5) is 2.63. The Balaban J connectivity index is 3.29. The third kappa shape index (κ3) is 1.72. The van der Waals surface area contributed by atoms with Gasteiger partial charge in [0.2, 0.25) is 0 Å². The molecule has 6 heteroatoms. The molecule has 62 valence electrons. The van der Waals surface area contributed by atoms with E-state index in [1.54, 1.807) is 18.5 Å². The number of nitrogens with zero attached hydrogens (tertiary/aromatic N) is 1. The topological polar surface area (TPSA) is 53.8 Å². The normalized spacial score (nSPS) is 11.9. The highest BCUT2D eigenvalue weighted by atomic mass is 35.7. The summed E-state index contributed by atoms with van der Waals surface area (Å²) < 4.78 is 23.1. The molecule has 0 aliphatic rings. The van der Waals surface area contributed by atoms with Gasteiger partial charge in [0.25, 0.3) is 10.9 Å². The second kappa shape index (κ2) is 2.49. The lowest BCUT2D eigenvalue weighted by molar-refractivity contribution is -0.677. The van der Waals surface area contributed by atoms with E-state index in [2.05, 4.69) is 4.98 Å². The van der Waals surface area contributed by atoms with Crippen molar-refractivity contribution in [3.05, 3.63) is 12.0 Å². The molecule has 0 bridgehead atoms. The Bertz CT molecular complexity index is 348. The fraction of sp³-hybridized carbons (Fsp3) is 0.400. The number of aryl methyl sites for hydroxylation is 2. The molecule has 0 unspecified atom stereocenters. The number of rotatable bonds is 1. The first-order valence-corrected chi connectivity index (χ1v) is 5.22. The van der Waals surface area contributed by atoms with Crippen LogP contribution in [-0.2, 0) is 16.1 Å². The third-order valence-electron chi connectivity index (χ3n) is 1.41. The highest BCUT2D eigenvalue weighted by Gasteiger charge is 2.19. The number of nitrogens with one attached hydrogen (secondary N) is 1. The molecule has 1 rings (SSSR count). The molecule has 1 heterocycles. The van der Waals surface area contributed by atoms with Crippen LogP contribution in [0.4, 0.5) is 0 Å². The van der Waals surface area contributed by atoms with Crippen molar-refractivity contribution in [1.29, 1.82) is 0 Å². The van der Waals surface area contributed by atoms with Crippen molar-refractivity contribution in [2.45, 2.75) is 11.9 Å². The van der Waals surface area contributed by atoms with E-state index in [0.29, 0.717) is 0 Å². The van der Waals surface area contributed by atoms with Gasteiger partial charge in [-0.15, -0.1) is 0 Å². The number of aromatic amines is 1. The van der Waals surface area contributed by atoms with Crippen molar-refractivity contribution < 1.29 is 13.0 Å². The lowest BCUT2D eigenvalue weighted by atomic mass is 10.7. The van der Waals surface area contributed by atoms with E-state index in [1.807, 2.05) is 0 Å². The Morgan fingerprint density at radius 2 is 2.18 bits per heavy atom. The first kappa shape index (κ1) is 8.55. The van der Waals surface area contributed by atoms with E-state index in [1.165, 1.54) is 6.20 Å². The van der Waals surface area contributed by atoms with Crippen LogP contribution in [-0.4, -0.2) is 13.4 Å². The molecule has 0 radical (unpaired) electrons. The summed E-state index contributed by atoms with van der Waals surface area (Å²) in [5, 5.41) is 0.0270. The van der Waals surface area contributed by atoms with Crippen molar-refractivity contribution in [2.75, 3.05) is 0 Å². The number of halogens is 1. The van der Waals surface area contributed by atoms with Crippen molar-refractivity contribution in [3.8, 4) is 0 Å². The van der Waals surface area contributed by atoms with Gasteiger partial charge in [-0.25, -0.2) is 18.0 Å². The van der Waals surface area contributed by atoms with Gasteiger partial charge in [0.05, 0.1) is 7.05 Å². The van der Waals surface area contributed by atoms with Gasteiger partial charge in [0.1, 0.15) is 0 Å². The third-order valence-corrected chi connectivity index (χ3v) is 2.64. The number of hydrogen-bond acceptors (Lipinski definition) is 2. The van der Waals surface area contributed by atoms with E-state index in [-0.39, 0.29) is 5.03 Å². The highest BCUT2D eigenvalue weighted by molar-refractivity contribution is 8.13. The number of aromatic nitrogens is 2. The quantitative estimate of drug-likeness (QED) is 0.510. The minimum Gasteiger partial charge on any atom is -0.236 e. The number of hydrogen-bond donors (Lipinski definition) is 1. The summed E-state index contributed by atoms with van der Waals surface area (Å²) in [5.74, 6) is 0.740. The fourth-order valence-corrected chi connectivity index (χ4v) is 1.48. The number of imidazole rings is 1. The van der Waals surface area contributed by atoms with Crippen LogP contribution < -0.4 is 4.57 Å². The van der Waals surface area contributed by atoms with Crippen LogP contribution in [0.15, 0.2) is 11.2 Å². The van der Waals surface area contributed by atoms with Crippen molar-refractivity contribution in [3.63, 3.8) is 0 Å².